The first-order valence-corrected chi connectivity index (χ1v) is 7.33. The minimum atomic E-state index is -0.471. The van der Waals surface area contributed by atoms with Crippen LogP contribution in [0, 0.1) is 16.0 Å². The van der Waals surface area contributed by atoms with Crippen LogP contribution in [0.3, 0.4) is 0 Å². The highest BCUT2D eigenvalue weighted by Gasteiger charge is 2.31. The van der Waals surface area contributed by atoms with E-state index in [0.717, 1.165) is 12.8 Å². The van der Waals surface area contributed by atoms with Gasteiger partial charge in [0.1, 0.15) is 5.69 Å². The molecule has 0 bridgehead atoms. The van der Waals surface area contributed by atoms with E-state index in [1.807, 2.05) is 6.92 Å². The van der Waals surface area contributed by atoms with Gasteiger partial charge in [-0.15, -0.1) is 0 Å². The molecule has 1 saturated heterocycles. The van der Waals surface area contributed by atoms with Crippen LogP contribution in [0.25, 0.3) is 0 Å². The summed E-state index contributed by atoms with van der Waals surface area (Å²) in [5, 5.41) is 10.9. The number of hydrogen-bond acceptors (Lipinski definition) is 4. The Balaban J connectivity index is 2.28. The van der Waals surface area contributed by atoms with Crippen molar-refractivity contribution in [1.29, 1.82) is 0 Å². The second kappa shape index (κ2) is 6.26. The van der Waals surface area contributed by atoms with Gasteiger partial charge in [-0.3, -0.25) is 14.9 Å². The van der Waals surface area contributed by atoms with Crippen molar-refractivity contribution >= 4 is 11.6 Å². The van der Waals surface area contributed by atoms with Crippen LogP contribution in [0.4, 0.5) is 5.69 Å². The lowest BCUT2D eigenvalue weighted by Crippen LogP contribution is -2.49. The van der Waals surface area contributed by atoms with Crippen molar-refractivity contribution in [2.45, 2.75) is 39.3 Å². The van der Waals surface area contributed by atoms with Crippen molar-refractivity contribution in [3.8, 4) is 0 Å². The van der Waals surface area contributed by atoms with Crippen LogP contribution in [-0.2, 0) is 6.54 Å². The summed E-state index contributed by atoms with van der Waals surface area (Å²) in [6, 6.07) is 1.37. The molecule has 0 radical (unpaired) electrons. The summed E-state index contributed by atoms with van der Waals surface area (Å²) in [4.78, 5) is 24.9. The zero-order chi connectivity index (χ0) is 15.6. The third-order valence-corrected chi connectivity index (χ3v) is 4.16. The van der Waals surface area contributed by atoms with Crippen molar-refractivity contribution in [3.63, 3.8) is 0 Å². The lowest BCUT2D eigenvalue weighted by atomic mass is 9.92. The smallest absolute Gasteiger partial charge is 0.287 e. The summed E-state index contributed by atoms with van der Waals surface area (Å²) in [6.45, 7) is 5.62. The zero-order valence-corrected chi connectivity index (χ0v) is 12.5. The van der Waals surface area contributed by atoms with E-state index in [1.54, 1.807) is 9.47 Å². The highest BCUT2D eigenvalue weighted by Crippen LogP contribution is 2.25. The van der Waals surface area contributed by atoms with Crippen molar-refractivity contribution in [2.75, 3.05) is 13.1 Å². The van der Waals surface area contributed by atoms with E-state index in [2.05, 4.69) is 6.92 Å². The Hall–Kier alpha value is -1.89. The van der Waals surface area contributed by atoms with Crippen LogP contribution in [0.2, 0.25) is 0 Å². The Labute approximate surface area is 123 Å². The number of nitrogens with two attached hydrogens (primary N) is 1. The van der Waals surface area contributed by atoms with E-state index in [9.17, 15) is 14.9 Å². The Morgan fingerprint density at radius 2 is 2.29 bits per heavy atom. The maximum absolute atomic E-state index is 12.7. The summed E-state index contributed by atoms with van der Waals surface area (Å²) in [5.74, 6) is 0.391. The quantitative estimate of drug-likeness (QED) is 0.674. The first-order chi connectivity index (χ1) is 9.97. The minimum absolute atomic E-state index is 0.0144. The molecule has 0 spiro atoms. The lowest BCUT2D eigenvalue weighted by Gasteiger charge is -2.38. The lowest BCUT2D eigenvalue weighted by molar-refractivity contribution is -0.384. The number of hydrogen-bond donors (Lipinski definition) is 1. The molecule has 2 heterocycles. The molecule has 21 heavy (non-hydrogen) atoms. The third-order valence-electron chi connectivity index (χ3n) is 4.16. The summed E-state index contributed by atoms with van der Waals surface area (Å²) in [7, 11) is 0. The van der Waals surface area contributed by atoms with Gasteiger partial charge in [-0.2, -0.15) is 0 Å². The van der Waals surface area contributed by atoms with Gasteiger partial charge in [0, 0.05) is 31.7 Å². The molecule has 1 fully saturated rings. The van der Waals surface area contributed by atoms with Gasteiger partial charge in [0.05, 0.1) is 11.1 Å². The van der Waals surface area contributed by atoms with Crippen LogP contribution in [0.5, 0.6) is 0 Å². The van der Waals surface area contributed by atoms with Gasteiger partial charge in [-0.25, -0.2) is 0 Å². The summed E-state index contributed by atoms with van der Waals surface area (Å²) in [6.07, 6.45) is 3.24. The van der Waals surface area contributed by atoms with Crippen molar-refractivity contribution < 1.29 is 9.72 Å². The number of rotatable bonds is 4. The molecule has 0 aliphatic carbocycles. The van der Waals surface area contributed by atoms with Crippen LogP contribution in [-0.4, -0.2) is 39.4 Å². The number of carbonyl (C=O) groups excluding carboxylic acids is 1. The number of likely N-dealkylation sites (tertiary alicyclic amines) is 1. The molecule has 0 saturated carbocycles. The average Bonchev–Trinajstić information content (AvgIpc) is 2.90. The molecule has 1 aliphatic rings. The van der Waals surface area contributed by atoms with Crippen molar-refractivity contribution in [2.24, 2.45) is 11.7 Å². The first kappa shape index (κ1) is 15.5. The topological polar surface area (TPSA) is 94.4 Å². The molecule has 2 N–H and O–H groups in total. The van der Waals surface area contributed by atoms with Gasteiger partial charge in [-0.1, -0.05) is 6.92 Å². The number of aromatic nitrogens is 1. The van der Waals surface area contributed by atoms with Gasteiger partial charge in [0.2, 0.25) is 0 Å². The molecular formula is C14H22N4O3. The molecule has 1 aromatic heterocycles. The summed E-state index contributed by atoms with van der Waals surface area (Å²) in [5.41, 5.74) is 6.11. The summed E-state index contributed by atoms with van der Waals surface area (Å²) < 4.78 is 1.63. The molecule has 2 atom stereocenters. The van der Waals surface area contributed by atoms with E-state index < -0.39 is 4.92 Å². The van der Waals surface area contributed by atoms with Gasteiger partial charge in [0.15, 0.2) is 0 Å². The third kappa shape index (κ3) is 3.07. The number of amides is 1. The normalized spacial score (nSPS) is 22.3. The molecule has 1 aromatic rings. The van der Waals surface area contributed by atoms with Crippen LogP contribution in [0.15, 0.2) is 12.3 Å². The molecule has 7 nitrogen and oxygen atoms in total. The van der Waals surface area contributed by atoms with Crippen molar-refractivity contribution in [1.82, 2.24) is 9.47 Å². The molecule has 1 amide bonds. The monoisotopic (exact) mass is 294 g/mol. The van der Waals surface area contributed by atoms with E-state index in [0.29, 0.717) is 31.2 Å². The maximum atomic E-state index is 12.7. The van der Waals surface area contributed by atoms with Gasteiger partial charge >= 0.3 is 0 Å². The van der Waals surface area contributed by atoms with Gasteiger partial charge in [-0.05, 0) is 25.7 Å². The first-order valence-electron chi connectivity index (χ1n) is 7.33. The Morgan fingerprint density at radius 1 is 1.57 bits per heavy atom. The predicted octanol–water partition coefficient (Wildman–Crippen LogP) is 1.62. The Morgan fingerprint density at radius 3 is 2.86 bits per heavy atom. The number of aryl methyl sites for hydroxylation is 1. The van der Waals surface area contributed by atoms with Crippen LogP contribution >= 0.6 is 0 Å². The van der Waals surface area contributed by atoms with Crippen molar-refractivity contribution in [3.05, 3.63) is 28.1 Å². The fraction of sp³-hybridized carbons (Fsp3) is 0.643. The molecule has 2 unspecified atom stereocenters. The minimum Gasteiger partial charge on any atom is -0.337 e. The number of piperidine rings is 1. The van der Waals surface area contributed by atoms with Gasteiger partial charge < -0.3 is 15.2 Å². The second-order valence-corrected chi connectivity index (χ2v) is 5.64. The molecule has 0 aromatic carbocycles. The molecule has 116 valence electrons. The fourth-order valence-electron chi connectivity index (χ4n) is 2.93. The maximum Gasteiger partial charge on any atom is 0.287 e. The van der Waals surface area contributed by atoms with E-state index >= 15 is 0 Å². The molecule has 2 rings (SSSR count). The highest BCUT2D eigenvalue weighted by molar-refractivity contribution is 5.94. The highest BCUT2D eigenvalue weighted by atomic mass is 16.6. The van der Waals surface area contributed by atoms with Crippen LogP contribution < -0.4 is 5.73 Å². The zero-order valence-electron chi connectivity index (χ0n) is 12.5. The average molecular weight is 294 g/mol. The molecule has 1 aliphatic heterocycles. The number of carbonyl (C=O) groups is 1. The second-order valence-electron chi connectivity index (χ2n) is 5.64. The standard InChI is InChI=1S/C14H22N4O3/c1-3-16-9-12(18(20)21)7-13(16)14(19)17-5-4-10(2)6-11(17)8-15/h7,9-11H,3-6,8,15H2,1-2H3. The largest absolute Gasteiger partial charge is 0.337 e. The van der Waals surface area contributed by atoms with E-state index in [-0.39, 0.29) is 17.6 Å². The summed E-state index contributed by atoms with van der Waals surface area (Å²) >= 11 is 0. The number of nitro groups is 1. The van der Waals surface area contributed by atoms with Crippen LogP contribution in [0.1, 0.15) is 37.2 Å². The number of nitrogens with zero attached hydrogens (tertiary/aromatic N) is 3. The molecular weight excluding hydrogens is 272 g/mol. The van der Waals surface area contributed by atoms with E-state index in [1.165, 1.54) is 12.3 Å². The molecule has 7 heteroatoms. The Bertz CT molecular complexity index is 540. The van der Waals surface area contributed by atoms with Gasteiger partial charge in [0.25, 0.3) is 11.6 Å². The van der Waals surface area contributed by atoms with E-state index in [4.69, 9.17) is 5.73 Å². The SMILES string of the molecule is CCn1cc([N+](=O)[O-])cc1C(=O)N1CCC(C)CC1CN. The fourth-order valence-corrected chi connectivity index (χ4v) is 2.93. The predicted molar refractivity (Wildman–Crippen MR) is 79.0 cm³/mol. The Kier molecular flexibility index (Phi) is 4.62.